The quantitative estimate of drug-likeness (QED) is 0.898. The molecule has 0 saturated carbocycles. The number of nitrogens with one attached hydrogen (secondary N) is 1. The molecular weight excluding hydrogens is 230 g/mol. The Morgan fingerprint density at radius 2 is 2.29 bits per heavy atom. The smallest absolute Gasteiger partial charge is 0.144 e. The van der Waals surface area contributed by atoms with Crippen LogP contribution in [0.15, 0.2) is 29.8 Å². The largest absolute Gasteiger partial charge is 0.308 e. The van der Waals surface area contributed by atoms with Crippen LogP contribution >= 0.6 is 11.3 Å². The molecular formula is C13H13N3S. The molecule has 0 aromatic carbocycles. The minimum Gasteiger partial charge on any atom is -0.308 e. The molecule has 0 unspecified atom stereocenters. The van der Waals surface area contributed by atoms with E-state index in [2.05, 4.69) is 34.7 Å². The standard InChI is InChI=1S/C13H13N3S/c1-10-4-6-17-13(10)9-15-8-11-3-2-5-16-12(11)7-14/h2-6,15H,8-9H2,1H3. The summed E-state index contributed by atoms with van der Waals surface area (Å²) >= 11 is 1.75. The van der Waals surface area contributed by atoms with Crippen molar-refractivity contribution in [1.29, 1.82) is 5.26 Å². The zero-order valence-corrected chi connectivity index (χ0v) is 10.4. The van der Waals surface area contributed by atoms with Gasteiger partial charge in [0.15, 0.2) is 0 Å². The molecule has 0 aliphatic heterocycles. The average molecular weight is 243 g/mol. The van der Waals surface area contributed by atoms with Crippen LogP contribution in [-0.4, -0.2) is 4.98 Å². The lowest BCUT2D eigenvalue weighted by molar-refractivity contribution is 0.695. The highest BCUT2D eigenvalue weighted by Gasteiger charge is 2.03. The van der Waals surface area contributed by atoms with Gasteiger partial charge in [-0.25, -0.2) is 4.98 Å². The molecule has 17 heavy (non-hydrogen) atoms. The summed E-state index contributed by atoms with van der Waals surface area (Å²) in [5.74, 6) is 0. The molecule has 0 spiro atoms. The van der Waals surface area contributed by atoms with Crippen molar-refractivity contribution in [2.24, 2.45) is 0 Å². The fourth-order valence-corrected chi connectivity index (χ4v) is 2.45. The number of aromatic nitrogens is 1. The predicted molar refractivity (Wildman–Crippen MR) is 68.6 cm³/mol. The molecule has 2 heterocycles. The van der Waals surface area contributed by atoms with Crippen LogP contribution in [0.3, 0.4) is 0 Å². The van der Waals surface area contributed by atoms with Gasteiger partial charge in [-0.15, -0.1) is 11.3 Å². The normalized spacial score (nSPS) is 10.1. The van der Waals surface area contributed by atoms with Crippen LogP contribution in [-0.2, 0) is 13.1 Å². The van der Waals surface area contributed by atoms with Gasteiger partial charge in [0.05, 0.1) is 0 Å². The van der Waals surface area contributed by atoms with E-state index in [1.54, 1.807) is 17.5 Å². The van der Waals surface area contributed by atoms with Crippen LogP contribution in [0.5, 0.6) is 0 Å². The molecule has 0 atom stereocenters. The van der Waals surface area contributed by atoms with Crippen molar-refractivity contribution in [1.82, 2.24) is 10.3 Å². The fraction of sp³-hybridized carbons (Fsp3) is 0.231. The zero-order valence-electron chi connectivity index (χ0n) is 9.60. The van der Waals surface area contributed by atoms with E-state index in [0.717, 1.165) is 12.1 Å². The lowest BCUT2D eigenvalue weighted by Crippen LogP contribution is -2.13. The lowest BCUT2D eigenvalue weighted by atomic mass is 10.2. The van der Waals surface area contributed by atoms with Crippen LogP contribution in [0, 0.1) is 18.3 Å². The number of rotatable bonds is 4. The second-order valence-electron chi connectivity index (χ2n) is 3.75. The molecule has 0 saturated heterocycles. The average Bonchev–Trinajstić information content (AvgIpc) is 2.76. The number of pyridine rings is 1. The van der Waals surface area contributed by atoms with Gasteiger partial charge in [-0.1, -0.05) is 6.07 Å². The molecule has 86 valence electrons. The predicted octanol–water partition coefficient (Wildman–Crippen LogP) is 2.61. The van der Waals surface area contributed by atoms with Crippen LogP contribution in [0.25, 0.3) is 0 Å². The van der Waals surface area contributed by atoms with Gasteiger partial charge in [0.1, 0.15) is 11.8 Å². The Hall–Kier alpha value is -1.70. The molecule has 2 aromatic rings. The first-order chi connectivity index (χ1) is 8.31. The van der Waals surface area contributed by atoms with Crippen molar-refractivity contribution in [3.05, 3.63) is 51.5 Å². The van der Waals surface area contributed by atoms with Gasteiger partial charge in [-0.05, 0) is 30.0 Å². The van der Waals surface area contributed by atoms with Crippen molar-refractivity contribution >= 4 is 11.3 Å². The summed E-state index contributed by atoms with van der Waals surface area (Å²) in [7, 11) is 0. The Kier molecular flexibility index (Phi) is 3.86. The fourth-order valence-electron chi connectivity index (χ4n) is 1.58. The molecule has 1 N–H and O–H groups in total. The lowest BCUT2D eigenvalue weighted by Gasteiger charge is -2.05. The van der Waals surface area contributed by atoms with Crippen molar-refractivity contribution in [3.8, 4) is 6.07 Å². The Bertz CT molecular complexity index is 540. The number of nitrogens with zero attached hydrogens (tertiary/aromatic N) is 2. The monoisotopic (exact) mass is 243 g/mol. The minimum absolute atomic E-state index is 0.503. The van der Waals surface area contributed by atoms with Gasteiger partial charge in [0.2, 0.25) is 0 Å². The molecule has 3 nitrogen and oxygen atoms in total. The third-order valence-electron chi connectivity index (χ3n) is 2.57. The molecule has 0 fully saturated rings. The maximum Gasteiger partial charge on any atom is 0.144 e. The first-order valence-corrected chi connectivity index (χ1v) is 6.27. The van der Waals surface area contributed by atoms with Crippen LogP contribution < -0.4 is 5.32 Å². The highest BCUT2D eigenvalue weighted by molar-refractivity contribution is 7.10. The number of thiophene rings is 1. The van der Waals surface area contributed by atoms with E-state index in [4.69, 9.17) is 5.26 Å². The number of hydrogen-bond donors (Lipinski definition) is 1. The Morgan fingerprint density at radius 1 is 1.41 bits per heavy atom. The van der Waals surface area contributed by atoms with E-state index in [9.17, 15) is 0 Å². The molecule has 4 heteroatoms. The second kappa shape index (κ2) is 5.58. The second-order valence-corrected chi connectivity index (χ2v) is 4.75. The summed E-state index contributed by atoms with van der Waals surface area (Å²) in [6, 6.07) is 8.01. The molecule has 2 aromatic heterocycles. The summed E-state index contributed by atoms with van der Waals surface area (Å²) in [5.41, 5.74) is 2.77. The van der Waals surface area contributed by atoms with Crippen molar-refractivity contribution in [3.63, 3.8) is 0 Å². The van der Waals surface area contributed by atoms with Gasteiger partial charge in [0.25, 0.3) is 0 Å². The topological polar surface area (TPSA) is 48.7 Å². The van der Waals surface area contributed by atoms with Crippen molar-refractivity contribution in [2.75, 3.05) is 0 Å². The third kappa shape index (κ3) is 2.90. The Labute approximate surface area is 105 Å². The molecule has 0 aliphatic rings. The first kappa shape index (κ1) is 11.8. The van der Waals surface area contributed by atoms with Gasteiger partial charge >= 0.3 is 0 Å². The van der Waals surface area contributed by atoms with Gasteiger partial charge in [0, 0.05) is 29.7 Å². The minimum atomic E-state index is 0.503. The summed E-state index contributed by atoms with van der Waals surface area (Å²) < 4.78 is 0. The van der Waals surface area contributed by atoms with E-state index < -0.39 is 0 Å². The Balaban J connectivity index is 1.95. The van der Waals surface area contributed by atoms with Gasteiger partial charge in [-0.3, -0.25) is 0 Å². The summed E-state index contributed by atoms with van der Waals surface area (Å²) in [5, 5.41) is 14.3. The molecule has 0 aliphatic carbocycles. The van der Waals surface area contributed by atoms with E-state index in [1.165, 1.54) is 10.4 Å². The summed E-state index contributed by atoms with van der Waals surface area (Å²) in [4.78, 5) is 5.37. The highest BCUT2D eigenvalue weighted by Crippen LogP contribution is 2.15. The zero-order chi connectivity index (χ0) is 12.1. The van der Waals surface area contributed by atoms with Crippen LogP contribution in [0.1, 0.15) is 21.7 Å². The molecule has 0 radical (unpaired) electrons. The van der Waals surface area contributed by atoms with Crippen LogP contribution in [0.2, 0.25) is 0 Å². The van der Waals surface area contributed by atoms with Gasteiger partial charge < -0.3 is 5.32 Å². The van der Waals surface area contributed by atoms with Crippen molar-refractivity contribution < 1.29 is 0 Å². The molecule has 0 amide bonds. The molecule has 0 bridgehead atoms. The van der Waals surface area contributed by atoms with E-state index in [0.29, 0.717) is 12.2 Å². The number of hydrogen-bond acceptors (Lipinski definition) is 4. The van der Waals surface area contributed by atoms with Crippen molar-refractivity contribution in [2.45, 2.75) is 20.0 Å². The highest BCUT2D eigenvalue weighted by atomic mass is 32.1. The van der Waals surface area contributed by atoms with E-state index >= 15 is 0 Å². The third-order valence-corrected chi connectivity index (χ3v) is 3.59. The number of aryl methyl sites for hydroxylation is 1. The summed E-state index contributed by atoms with van der Waals surface area (Å²) in [6.07, 6.45) is 1.64. The SMILES string of the molecule is Cc1ccsc1CNCc1cccnc1C#N. The number of nitriles is 1. The summed E-state index contributed by atoms with van der Waals surface area (Å²) in [6.45, 7) is 3.62. The maximum atomic E-state index is 8.91. The molecule has 2 rings (SSSR count). The van der Waals surface area contributed by atoms with Crippen LogP contribution in [0.4, 0.5) is 0 Å². The van der Waals surface area contributed by atoms with Gasteiger partial charge in [-0.2, -0.15) is 5.26 Å². The van der Waals surface area contributed by atoms with E-state index in [1.807, 2.05) is 12.1 Å². The first-order valence-electron chi connectivity index (χ1n) is 5.39. The van der Waals surface area contributed by atoms with E-state index in [-0.39, 0.29) is 0 Å². The maximum absolute atomic E-state index is 8.91. The Morgan fingerprint density at radius 3 is 3.00 bits per heavy atom.